The standard InChI is InChI=1S/C28H16ClF5N2OS/c1-14-19(28(37)36(35-14)27-25(33)23(31)22(30)24(32)26(27)34)12-15-10-11-21(18-8-4-3-7-17(15)18)38-13-16-6-2-5-9-20(16)29/h2-12H,13H2,1H3/b19-12+. The van der Waals surface area contributed by atoms with Gasteiger partial charge in [0.1, 0.15) is 5.69 Å². The van der Waals surface area contributed by atoms with Crippen LogP contribution in [0.25, 0.3) is 16.8 Å². The summed E-state index contributed by atoms with van der Waals surface area (Å²) in [5.74, 6) is -11.3. The van der Waals surface area contributed by atoms with Crippen LogP contribution in [-0.4, -0.2) is 11.6 Å². The molecule has 10 heteroatoms. The van der Waals surface area contributed by atoms with Gasteiger partial charge >= 0.3 is 0 Å². The third kappa shape index (κ3) is 4.46. The first-order valence-electron chi connectivity index (χ1n) is 11.2. The Labute approximate surface area is 223 Å². The molecule has 0 atom stereocenters. The van der Waals surface area contributed by atoms with Crippen LogP contribution in [0.15, 0.2) is 76.2 Å². The molecule has 1 aliphatic heterocycles. The maximum absolute atomic E-state index is 14.4. The lowest BCUT2D eigenvalue weighted by Crippen LogP contribution is -2.25. The minimum absolute atomic E-state index is 0.0458. The topological polar surface area (TPSA) is 32.7 Å². The lowest BCUT2D eigenvalue weighted by atomic mass is 10.0. The Bertz CT molecular complexity index is 1660. The summed E-state index contributed by atoms with van der Waals surface area (Å²) in [5.41, 5.74) is 0.173. The van der Waals surface area contributed by atoms with Gasteiger partial charge in [-0.3, -0.25) is 4.79 Å². The average Bonchev–Trinajstić information content (AvgIpc) is 3.19. The monoisotopic (exact) mass is 558 g/mol. The molecule has 1 aliphatic rings. The Kier molecular flexibility index (Phi) is 6.98. The molecule has 4 aromatic carbocycles. The SMILES string of the molecule is CC1=NN(c2c(F)c(F)c(F)c(F)c2F)C(=O)/C1=C/c1ccc(SCc2ccccc2Cl)c2ccccc12. The Morgan fingerprint density at radius 1 is 0.842 bits per heavy atom. The van der Waals surface area contributed by atoms with Gasteiger partial charge in [-0.2, -0.15) is 10.1 Å². The molecule has 1 heterocycles. The molecule has 0 fully saturated rings. The molecule has 0 radical (unpaired) electrons. The summed E-state index contributed by atoms with van der Waals surface area (Å²) in [4.78, 5) is 14.0. The molecule has 1 amide bonds. The van der Waals surface area contributed by atoms with Crippen molar-refractivity contribution in [2.45, 2.75) is 17.6 Å². The number of carbonyl (C=O) groups is 1. The fourth-order valence-electron chi connectivity index (χ4n) is 4.09. The maximum Gasteiger partial charge on any atom is 0.280 e. The van der Waals surface area contributed by atoms with Crippen molar-refractivity contribution >= 4 is 57.5 Å². The zero-order valence-electron chi connectivity index (χ0n) is 19.5. The molecule has 0 aliphatic carbocycles. The number of carbonyl (C=O) groups excluding carboxylic acids is 1. The minimum Gasteiger partial charge on any atom is -0.267 e. The second-order valence-electron chi connectivity index (χ2n) is 8.36. The zero-order chi connectivity index (χ0) is 27.1. The number of rotatable bonds is 5. The summed E-state index contributed by atoms with van der Waals surface area (Å²) >= 11 is 7.87. The lowest BCUT2D eigenvalue weighted by molar-refractivity contribution is -0.114. The third-order valence-electron chi connectivity index (χ3n) is 6.02. The predicted molar refractivity (Wildman–Crippen MR) is 140 cm³/mol. The van der Waals surface area contributed by atoms with Crippen molar-refractivity contribution in [1.82, 2.24) is 0 Å². The van der Waals surface area contributed by atoms with E-state index in [0.29, 0.717) is 16.3 Å². The van der Waals surface area contributed by atoms with Gasteiger partial charge in [-0.05, 0) is 47.0 Å². The molecule has 0 N–H and O–H groups in total. The Balaban J connectivity index is 1.52. The number of nitrogens with zero attached hydrogens (tertiary/aromatic N) is 2. The number of anilines is 1. The fraction of sp³-hybridized carbons (Fsp3) is 0.0714. The fourth-order valence-corrected chi connectivity index (χ4v) is 5.43. The molecule has 0 spiro atoms. The van der Waals surface area contributed by atoms with Crippen LogP contribution in [-0.2, 0) is 10.5 Å². The minimum atomic E-state index is -2.31. The van der Waals surface area contributed by atoms with Gasteiger partial charge in [0.15, 0.2) is 23.3 Å². The molecule has 38 heavy (non-hydrogen) atoms. The van der Waals surface area contributed by atoms with Crippen LogP contribution >= 0.6 is 23.4 Å². The number of hydrazone groups is 1. The van der Waals surface area contributed by atoms with Gasteiger partial charge in [-0.25, -0.2) is 22.0 Å². The molecular weight excluding hydrogens is 543 g/mol. The summed E-state index contributed by atoms with van der Waals surface area (Å²) in [6, 6.07) is 18.7. The van der Waals surface area contributed by atoms with Crippen LogP contribution in [0.4, 0.5) is 27.6 Å². The van der Waals surface area contributed by atoms with E-state index in [2.05, 4.69) is 5.10 Å². The lowest BCUT2D eigenvalue weighted by Gasteiger charge is -2.15. The quantitative estimate of drug-likeness (QED) is 0.0811. The van der Waals surface area contributed by atoms with Crippen LogP contribution in [0, 0.1) is 29.1 Å². The molecule has 0 aromatic heterocycles. The second kappa shape index (κ2) is 10.2. The molecule has 192 valence electrons. The van der Waals surface area contributed by atoms with E-state index in [-0.39, 0.29) is 16.3 Å². The molecule has 0 saturated carbocycles. The van der Waals surface area contributed by atoms with Crippen molar-refractivity contribution < 1.29 is 26.7 Å². The smallest absolute Gasteiger partial charge is 0.267 e. The van der Waals surface area contributed by atoms with Gasteiger partial charge in [-0.1, -0.05) is 60.1 Å². The molecule has 0 bridgehead atoms. The predicted octanol–water partition coefficient (Wildman–Crippen LogP) is 8.29. The van der Waals surface area contributed by atoms with E-state index in [1.54, 1.807) is 17.8 Å². The van der Waals surface area contributed by atoms with Gasteiger partial charge < -0.3 is 0 Å². The highest BCUT2D eigenvalue weighted by Crippen LogP contribution is 2.37. The Morgan fingerprint density at radius 2 is 1.45 bits per heavy atom. The van der Waals surface area contributed by atoms with E-state index >= 15 is 0 Å². The first-order chi connectivity index (χ1) is 18.2. The van der Waals surface area contributed by atoms with Crippen molar-refractivity contribution in [2.24, 2.45) is 5.10 Å². The summed E-state index contributed by atoms with van der Waals surface area (Å²) in [5, 5.41) is 6.36. The number of thioether (sulfide) groups is 1. The number of hydrogen-bond acceptors (Lipinski definition) is 3. The summed E-state index contributed by atoms with van der Waals surface area (Å²) in [7, 11) is 0. The van der Waals surface area contributed by atoms with Gasteiger partial charge in [0, 0.05) is 15.7 Å². The van der Waals surface area contributed by atoms with E-state index in [1.807, 2.05) is 54.6 Å². The summed E-state index contributed by atoms with van der Waals surface area (Å²) in [6.07, 6.45) is 1.48. The molecule has 4 aromatic rings. The van der Waals surface area contributed by atoms with E-state index in [0.717, 1.165) is 21.2 Å². The van der Waals surface area contributed by atoms with Crippen molar-refractivity contribution in [3.63, 3.8) is 0 Å². The second-order valence-corrected chi connectivity index (χ2v) is 9.78. The number of hydrogen-bond donors (Lipinski definition) is 0. The maximum atomic E-state index is 14.4. The number of fused-ring (bicyclic) bond motifs is 1. The van der Waals surface area contributed by atoms with Gasteiger partial charge in [-0.15, -0.1) is 11.8 Å². The highest BCUT2D eigenvalue weighted by Gasteiger charge is 2.37. The van der Waals surface area contributed by atoms with Crippen molar-refractivity contribution in [2.75, 3.05) is 5.01 Å². The largest absolute Gasteiger partial charge is 0.280 e. The number of halogens is 6. The number of amides is 1. The van der Waals surface area contributed by atoms with Crippen molar-refractivity contribution in [3.05, 3.63) is 111 Å². The first-order valence-corrected chi connectivity index (χ1v) is 12.6. The van der Waals surface area contributed by atoms with Crippen LogP contribution in [0.3, 0.4) is 0 Å². The summed E-state index contributed by atoms with van der Waals surface area (Å²) < 4.78 is 69.7. The van der Waals surface area contributed by atoms with E-state index in [1.165, 1.54) is 13.0 Å². The number of benzene rings is 4. The summed E-state index contributed by atoms with van der Waals surface area (Å²) in [6.45, 7) is 1.41. The van der Waals surface area contributed by atoms with Crippen molar-refractivity contribution in [3.8, 4) is 0 Å². The van der Waals surface area contributed by atoms with E-state index in [4.69, 9.17) is 11.6 Å². The van der Waals surface area contributed by atoms with Gasteiger partial charge in [0.25, 0.3) is 5.91 Å². The van der Waals surface area contributed by atoms with Gasteiger partial charge in [0.05, 0.1) is 11.3 Å². The van der Waals surface area contributed by atoms with Crippen LogP contribution in [0.2, 0.25) is 5.02 Å². The Morgan fingerprint density at radius 3 is 2.13 bits per heavy atom. The molecule has 0 unspecified atom stereocenters. The third-order valence-corrected chi connectivity index (χ3v) is 7.51. The van der Waals surface area contributed by atoms with E-state index < -0.39 is 40.7 Å². The first kappa shape index (κ1) is 25.9. The van der Waals surface area contributed by atoms with Crippen LogP contribution in [0.1, 0.15) is 18.1 Å². The van der Waals surface area contributed by atoms with E-state index in [9.17, 15) is 26.7 Å². The zero-order valence-corrected chi connectivity index (χ0v) is 21.1. The average molecular weight is 559 g/mol. The highest BCUT2D eigenvalue weighted by atomic mass is 35.5. The molecule has 0 saturated heterocycles. The van der Waals surface area contributed by atoms with Crippen molar-refractivity contribution in [1.29, 1.82) is 0 Å². The van der Waals surface area contributed by atoms with Crippen LogP contribution in [0.5, 0.6) is 0 Å². The Hall–Kier alpha value is -3.69. The molecule has 5 rings (SSSR count). The normalized spacial score (nSPS) is 14.6. The molecule has 3 nitrogen and oxygen atoms in total. The molecular formula is C28H16ClF5N2OS. The van der Waals surface area contributed by atoms with Gasteiger partial charge in [0.2, 0.25) is 5.82 Å². The highest BCUT2D eigenvalue weighted by molar-refractivity contribution is 7.98. The van der Waals surface area contributed by atoms with Crippen LogP contribution < -0.4 is 5.01 Å².